The summed E-state index contributed by atoms with van der Waals surface area (Å²) in [6.07, 6.45) is 1.14. The predicted molar refractivity (Wildman–Crippen MR) is 135 cm³/mol. The van der Waals surface area contributed by atoms with Gasteiger partial charge in [-0.05, 0) is 61.7 Å². The number of hydrogen-bond acceptors (Lipinski definition) is 5. The number of nitrogens with zero attached hydrogens (tertiary/aromatic N) is 2. The summed E-state index contributed by atoms with van der Waals surface area (Å²) in [5, 5.41) is 13.1. The molecule has 0 fully saturated rings. The number of para-hydroxylation sites is 2. The molecule has 35 heavy (non-hydrogen) atoms. The molecule has 0 radical (unpaired) electrons. The third kappa shape index (κ3) is 5.60. The number of imidazole rings is 1. The monoisotopic (exact) mass is 472 g/mol. The van der Waals surface area contributed by atoms with Crippen molar-refractivity contribution in [2.24, 2.45) is 0 Å². The number of ether oxygens (including phenoxy) is 1. The lowest BCUT2D eigenvalue weighted by Crippen LogP contribution is -2.29. The number of nitrogens with one attached hydrogen (secondary N) is 2. The summed E-state index contributed by atoms with van der Waals surface area (Å²) in [7, 11) is 1.69. The predicted octanol–water partition coefficient (Wildman–Crippen LogP) is 4.75. The van der Waals surface area contributed by atoms with Gasteiger partial charge in [0.25, 0.3) is 5.91 Å². The molecule has 0 bridgehead atoms. The zero-order valence-electron chi connectivity index (χ0n) is 19.7. The molecule has 8 nitrogen and oxygen atoms in total. The number of rotatable bonds is 8. The van der Waals surface area contributed by atoms with Crippen LogP contribution in [0.25, 0.3) is 22.4 Å². The molecule has 1 heterocycles. The fraction of sp³-hybridized carbons (Fsp3) is 0.222. The SMILES string of the molecule is CCN(C)C(=O)Oc1ccc(CCCNC(=O)c2cccc3[nH]c(-c4ccccc4O)nc23)cc1. The number of aromatic amines is 1. The Kier molecular flexibility index (Phi) is 7.30. The molecule has 4 aromatic rings. The summed E-state index contributed by atoms with van der Waals surface area (Å²) >= 11 is 0. The van der Waals surface area contributed by atoms with Gasteiger partial charge in [0.1, 0.15) is 22.8 Å². The minimum atomic E-state index is -0.386. The smallest absolute Gasteiger partial charge is 0.414 e. The summed E-state index contributed by atoms with van der Waals surface area (Å²) in [5.41, 5.74) is 3.42. The van der Waals surface area contributed by atoms with Gasteiger partial charge in [-0.15, -0.1) is 0 Å². The maximum absolute atomic E-state index is 12.8. The first kappa shape index (κ1) is 23.8. The quantitative estimate of drug-likeness (QED) is 0.321. The second-order valence-corrected chi connectivity index (χ2v) is 8.19. The first-order chi connectivity index (χ1) is 17.0. The van der Waals surface area contributed by atoms with Crippen molar-refractivity contribution in [2.75, 3.05) is 20.1 Å². The van der Waals surface area contributed by atoms with Crippen molar-refractivity contribution in [2.45, 2.75) is 19.8 Å². The maximum Gasteiger partial charge on any atom is 0.414 e. The second kappa shape index (κ2) is 10.7. The molecule has 180 valence electrons. The number of aromatic nitrogens is 2. The Hall–Kier alpha value is -4.33. The van der Waals surface area contributed by atoms with Crippen LogP contribution in [0.15, 0.2) is 66.7 Å². The Bertz CT molecular complexity index is 1330. The summed E-state index contributed by atoms with van der Waals surface area (Å²) in [4.78, 5) is 33.9. The van der Waals surface area contributed by atoms with Gasteiger partial charge < -0.3 is 25.0 Å². The van der Waals surface area contributed by atoms with Crippen LogP contribution in [-0.4, -0.2) is 52.1 Å². The van der Waals surface area contributed by atoms with E-state index in [-0.39, 0.29) is 17.7 Å². The van der Waals surface area contributed by atoms with Crippen LogP contribution in [0.4, 0.5) is 4.79 Å². The molecule has 0 unspecified atom stereocenters. The molecule has 2 amide bonds. The highest BCUT2D eigenvalue weighted by Crippen LogP contribution is 2.29. The lowest BCUT2D eigenvalue weighted by Gasteiger charge is -2.14. The molecule has 4 rings (SSSR count). The molecule has 8 heteroatoms. The zero-order valence-corrected chi connectivity index (χ0v) is 19.7. The number of fused-ring (bicyclic) bond motifs is 1. The number of H-pyrrole nitrogens is 1. The van der Waals surface area contributed by atoms with Gasteiger partial charge >= 0.3 is 6.09 Å². The van der Waals surface area contributed by atoms with Crippen LogP contribution >= 0.6 is 0 Å². The van der Waals surface area contributed by atoms with E-state index in [0.29, 0.717) is 41.3 Å². The normalized spacial score (nSPS) is 10.8. The van der Waals surface area contributed by atoms with Gasteiger partial charge in [-0.25, -0.2) is 9.78 Å². The number of amides is 2. The highest BCUT2D eigenvalue weighted by atomic mass is 16.6. The van der Waals surface area contributed by atoms with E-state index in [2.05, 4.69) is 15.3 Å². The molecule has 1 aromatic heterocycles. The van der Waals surface area contributed by atoms with E-state index in [0.717, 1.165) is 23.9 Å². The largest absolute Gasteiger partial charge is 0.507 e. The van der Waals surface area contributed by atoms with E-state index in [1.807, 2.05) is 31.2 Å². The zero-order chi connectivity index (χ0) is 24.8. The Morgan fingerprint density at radius 1 is 1.06 bits per heavy atom. The Morgan fingerprint density at radius 3 is 2.57 bits per heavy atom. The standard InChI is InChI=1S/C27H28N4O4/c1-3-31(2)27(34)35-19-15-13-18(14-16-19)8-7-17-28-26(33)21-10-6-11-22-24(21)30-25(29-22)20-9-4-5-12-23(20)32/h4-6,9-16,32H,3,7-8,17H2,1-2H3,(H,28,33)(H,29,30). The van der Waals surface area contributed by atoms with Gasteiger partial charge in [0.2, 0.25) is 0 Å². The van der Waals surface area contributed by atoms with Gasteiger partial charge in [0.15, 0.2) is 0 Å². The molecule has 0 saturated carbocycles. The molecule has 3 aromatic carbocycles. The summed E-state index contributed by atoms with van der Waals surface area (Å²) < 4.78 is 5.31. The van der Waals surface area contributed by atoms with E-state index in [1.165, 1.54) is 4.90 Å². The molecule has 0 aliphatic rings. The number of aryl methyl sites for hydroxylation is 1. The molecular formula is C27H28N4O4. The third-order valence-corrected chi connectivity index (χ3v) is 5.76. The molecule has 0 atom stereocenters. The van der Waals surface area contributed by atoms with E-state index < -0.39 is 0 Å². The fourth-order valence-corrected chi connectivity index (χ4v) is 3.64. The number of carbonyl (C=O) groups excluding carboxylic acids is 2. The second-order valence-electron chi connectivity index (χ2n) is 8.19. The maximum atomic E-state index is 12.8. The van der Waals surface area contributed by atoms with Crippen LogP contribution in [0, 0.1) is 0 Å². The number of carbonyl (C=O) groups is 2. The first-order valence-electron chi connectivity index (χ1n) is 11.5. The molecular weight excluding hydrogens is 444 g/mol. The summed E-state index contributed by atoms with van der Waals surface area (Å²) in [6, 6.07) is 19.7. The molecule has 0 saturated heterocycles. The van der Waals surface area contributed by atoms with Crippen molar-refractivity contribution in [1.29, 1.82) is 0 Å². The number of hydrogen-bond donors (Lipinski definition) is 3. The van der Waals surface area contributed by atoms with Crippen molar-refractivity contribution in [3.8, 4) is 22.9 Å². The highest BCUT2D eigenvalue weighted by molar-refractivity contribution is 6.05. The number of benzene rings is 3. The lowest BCUT2D eigenvalue weighted by molar-refractivity contribution is 0.0954. The fourth-order valence-electron chi connectivity index (χ4n) is 3.64. The molecule has 0 spiro atoms. The van der Waals surface area contributed by atoms with E-state index >= 15 is 0 Å². The van der Waals surface area contributed by atoms with E-state index in [9.17, 15) is 14.7 Å². The van der Waals surface area contributed by atoms with Crippen LogP contribution < -0.4 is 10.1 Å². The van der Waals surface area contributed by atoms with Crippen LogP contribution in [0.2, 0.25) is 0 Å². The highest BCUT2D eigenvalue weighted by Gasteiger charge is 2.15. The van der Waals surface area contributed by atoms with Gasteiger partial charge in [-0.3, -0.25) is 4.79 Å². The first-order valence-corrected chi connectivity index (χ1v) is 11.5. The summed E-state index contributed by atoms with van der Waals surface area (Å²) in [5.74, 6) is 0.932. The third-order valence-electron chi connectivity index (χ3n) is 5.76. The van der Waals surface area contributed by atoms with E-state index in [1.54, 1.807) is 49.5 Å². The molecule has 0 aliphatic carbocycles. The van der Waals surface area contributed by atoms with Crippen LogP contribution in [0.3, 0.4) is 0 Å². The Balaban J connectivity index is 1.33. The molecule has 0 aliphatic heterocycles. The average molecular weight is 473 g/mol. The van der Waals surface area contributed by atoms with Gasteiger partial charge in [0.05, 0.1) is 16.6 Å². The minimum absolute atomic E-state index is 0.122. The molecule has 3 N–H and O–H groups in total. The summed E-state index contributed by atoms with van der Waals surface area (Å²) in [6.45, 7) is 2.96. The van der Waals surface area contributed by atoms with Crippen molar-refractivity contribution < 1.29 is 19.4 Å². The van der Waals surface area contributed by atoms with Gasteiger partial charge in [0, 0.05) is 20.1 Å². The van der Waals surface area contributed by atoms with Crippen LogP contribution in [0.1, 0.15) is 29.3 Å². The van der Waals surface area contributed by atoms with Gasteiger partial charge in [-0.2, -0.15) is 0 Å². The van der Waals surface area contributed by atoms with Crippen molar-refractivity contribution >= 4 is 23.0 Å². The van der Waals surface area contributed by atoms with Gasteiger partial charge in [-0.1, -0.05) is 30.3 Å². The number of aromatic hydroxyl groups is 1. The van der Waals surface area contributed by atoms with Crippen LogP contribution in [-0.2, 0) is 6.42 Å². The lowest BCUT2D eigenvalue weighted by atomic mass is 10.1. The number of phenols is 1. The number of phenolic OH excluding ortho intramolecular Hbond substituents is 1. The van der Waals surface area contributed by atoms with Crippen LogP contribution in [0.5, 0.6) is 11.5 Å². The minimum Gasteiger partial charge on any atom is -0.507 e. The van der Waals surface area contributed by atoms with Crippen molar-refractivity contribution in [3.05, 3.63) is 77.9 Å². The Labute approximate surface area is 203 Å². The topological polar surface area (TPSA) is 108 Å². The van der Waals surface area contributed by atoms with Crippen molar-refractivity contribution in [3.63, 3.8) is 0 Å². The van der Waals surface area contributed by atoms with Crippen molar-refractivity contribution in [1.82, 2.24) is 20.2 Å². The Morgan fingerprint density at radius 2 is 1.83 bits per heavy atom. The van der Waals surface area contributed by atoms with E-state index in [4.69, 9.17) is 4.74 Å². The average Bonchev–Trinajstić information content (AvgIpc) is 3.31.